The highest BCUT2D eigenvalue weighted by atomic mass is 32.2. The maximum atomic E-state index is 12.6. The number of anilines is 1. The van der Waals surface area contributed by atoms with Gasteiger partial charge in [0.15, 0.2) is 5.75 Å². The number of amides is 1. The molecular weight excluding hydrogens is 440 g/mol. The number of ether oxygens (including phenoxy) is 2. The molecule has 0 heterocycles. The van der Waals surface area contributed by atoms with Gasteiger partial charge in [-0.2, -0.15) is 0 Å². The quantitative estimate of drug-likeness (QED) is 0.430. The van der Waals surface area contributed by atoms with Crippen LogP contribution in [0.15, 0.2) is 78.9 Å². The Kier molecular flexibility index (Phi) is 8.32. The molecule has 3 rings (SSSR count). The van der Waals surface area contributed by atoms with Crippen LogP contribution in [-0.2, 0) is 21.2 Å². The van der Waals surface area contributed by atoms with Crippen molar-refractivity contribution in [1.82, 2.24) is 5.32 Å². The molecule has 0 aromatic heterocycles. The molecule has 33 heavy (non-hydrogen) atoms. The Morgan fingerprint density at radius 2 is 1.64 bits per heavy atom. The maximum Gasteiger partial charge on any atom is 0.240 e. The topological polar surface area (TPSA) is 84.9 Å². The second-order valence-corrected chi connectivity index (χ2v) is 9.36. The summed E-state index contributed by atoms with van der Waals surface area (Å²) in [6.07, 6.45) is 2.55. The predicted molar refractivity (Wildman–Crippen MR) is 129 cm³/mol. The van der Waals surface area contributed by atoms with E-state index in [1.165, 1.54) is 0 Å². The Labute approximate surface area is 195 Å². The fourth-order valence-electron chi connectivity index (χ4n) is 3.28. The largest absolute Gasteiger partial charge is 0.497 e. The van der Waals surface area contributed by atoms with Crippen LogP contribution in [0.2, 0.25) is 0 Å². The zero-order chi connectivity index (χ0) is 23.7. The van der Waals surface area contributed by atoms with E-state index in [0.29, 0.717) is 30.2 Å². The summed E-state index contributed by atoms with van der Waals surface area (Å²) in [6.45, 7) is 0.0863. The first kappa shape index (κ1) is 24.1. The van der Waals surface area contributed by atoms with E-state index in [1.54, 1.807) is 43.5 Å². The molecule has 0 aliphatic carbocycles. The second-order valence-electron chi connectivity index (χ2n) is 7.46. The van der Waals surface area contributed by atoms with Gasteiger partial charge in [-0.3, -0.25) is 9.10 Å². The standard InChI is InChI=1S/C25H28N2O5S/c1-31-22-14-8-10-20(18-22)11-9-17-26-25(28)19-27(33(2,29)30)23-15-6-7-16-24(23)32-21-12-4-3-5-13-21/h3-8,10,12-16,18H,9,11,17,19H2,1-2H3,(H,26,28). The summed E-state index contributed by atoms with van der Waals surface area (Å²) in [5.74, 6) is 1.32. The van der Waals surface area contributed by atoms with E-state index in [0.717, 1.165) is 28.3 Å². The minimum Gasteiger partial charge on any atom is -0.497 e. The molecule has 1 amide bonds. The number of carbonyl (C=O) groups excluding carboxylic acids is 1. The lowest BCUT2D eigenvalue weighted by atomic mass is 10.1. The van der Waals surface area contributed by atoms with Crippen molar-refractivity contribution in [3.05, 3.63) is 84.4 Å². The number of nitrogens with one attached hydrogen (secondary N) is 1. The number of benzene rings is 3. The first-order chi connectivity index (χ1) is 15.9. The average molecular weight is 469 g/mol. The number of carbonyl (C=O) groups is 1. The van der Waals surface area contributed by atoms with Crippen molar-refractivity contribution >= 4 is 21.6 Å². The maximum absolute atomic E-state index is 12.6. The van der Waals surface area contributed by atoms with E-state index < -0.39 is 10.0 Å². The number of sulfonamides is 1. The number of rotatable bonds is 11. The normalized spacial score (nSPS) is 11.0. The molecule has 3 aromatic rings. The van der Waals surface area contributed by atoms with Crippen molar-refractivity contribution in [2.45, 2.75) is 12.8 Å². The van der Waals surface area contributed by atoms with Crippen molar-refractivity contribution < 1.29 is 22.7 Å². The van der Waals surface area contributed by atoms with Gasteiger partial charge in [0.2, 0.25) is 15.9 Å². The van der Waals surface area contributed by atoms with E-state index in [4.69, 9.17) is 9.47 Å². The zero-order valence-electron chi connectivity index (χ0n) is 18.7. The molecule has 0 aliphatic heterocycles. The highest BCUT2D eigenvalue weighted by molar-refractivity contribution is 7.92. The third-order valence-electron chi connectivity index (χ3n) is 4.89. The Hall–Kier alpha value is -3.52. The van der Waals surface area contributed by atoms with Gasteiger partial charge in [0.1, 0.15) is 18.0 Å². The lowest BCUT2D eigenvalue weighted by Crippen LogP contribution is -2.40. The third-order valence-corrected chi connectivity index (χ3v) is 6.02. The Balaban J connectivity index is 1.64. The number of hydrogen-bond acceptors (Lipinski definition) is 5. The first-order valence-corrected chi connectivity index (χ1v) is 12.4. The molecule has 1 N–H and O–H groups in total. The van der Waals surface area contributed by atoms with Crippen LogP contribution >= 0.6 is 0 Å². The molecule has 0 bridgehead atoms. The molecule has 0 fully saturated rings. The van der Waals surface area contributed by atoms with Gasteiger partial charge in [0, 0.05) is 6.54 Å². The molecular formula is C25H28N2O5S. The van der Waals surface area contributed by atoms with Crippen molar-refractivity contribution in [1.29, 1.82) is 0 Å². The summed E-state index contributed by atoms with van der Waals surface area (Å²) in [5, 5.41) is 2.81. The van der Waals surface area contributed by atoms with Crippen LogP contribution in [0.3, 0.4) is 0 Å². The summed E-state index contributed by atoms with van der Waals surface area (Å²) < 4.78 is 37.2. The Bertz CT molecular complexity index is 1170. The van der Waals surface area contributed by atoms with Crippen LogP contribution in [0.1, 0.15) is 12.0 Å². The number of aryl methyl sites for hydroxylation is 1. The SMILES string of the molecule is COc1cccc(CCCNC(=O)CN(c2ccccc2Oc2ccccc2)S(C)(=O)=O)c1. The molecule has 0 unspecified atom stereocenters. The molecule has 0 spiro atoms. The van der Waals surface area contributed by atoms with Crippen LogP contribution in [0.4, 0.5) is 5.69 Å². The minimum absolute atomic E-state index is 0.301. The van der Waals surface area contributed by atoms with Crippen LogP contribution in [0, 0.1) is 0 Å². The van der Waals surface area contributed by atoms with E-state index in [1.807, 2.05) is 42.5 Å². The van der Waals surface area contributed by atoms with Crippen molar-refractivity contribution in [3.8, 4) is 17.2 Å². The van der Waals surface area contributed by atoms with Gasteiger partial charge in [-0.05, 0) is 54.8 Å². The monoisotopic (exact) mass is 468 g/mol. The summed E-state index contributed by atoms with van der Waals surface area (Å²) in [5.41, 5.74) is 1.41. The Morgan fingerprint density at radius 1 is 0.939 bits per heavy atom. The van der Waals surface area contributed by atoms with Crippen molar-refractivity contribution in [2.75, 3.05) is 30.8 Å². The van der Waals surface area contributed by atoms with Crippen molar-refractivity contribution in [2.24, 2.45) is 0 Å². The Morgan fingerprint density at radius 3 is 2.36 bits per heavy atom. The van der Waals surface area contributed by atoms with Crippen LogP contribution in [0.5, 0.6) is 17.2 Å². The van der Waals surface area contributed by atoms with Crippen LogP contribution < -0.4 is 19.1 Å². The molecule has 0 aliphatic rings. The molecule has 0 atom stereocenters. The molecule has 0 saturated heterocycles. The van der Waals surface area contributed by atoms with Gasteiger partial charge in [0.05, 0.1) is 19.1 Å². The van der Waals surface area contributed by atoms with E-state index in [-0.39, 0.29) is 12.5 Å². The van der Waals surface area contributed by atoms with Crippen LogP contribution in [0.25, 0.3) is 0 Å². The highest BCUT2D eigenvalue weighted by Crippen LogP contribution is 2.33. The van der Waals surface area contributed by atoms with E-state index in [9.17, 15) is 13.2 Å². The molecule has 3 aromatic carbocycles. The second kappa shape index (κ2) is 11.4. The number of methoxy groups -OCH3 is 1. The van der Waals surface area contributed by atoms with Gasteiger partial charge < -0.3 is 14.8 Å². The summed E-state index contributed by atoms with van der Waals surface area (Å²) >= 11 is 0. The number of hydrogen-bond donors (Lipinski definition) is 1. The molecule has 8 heteroatoms. The van der Waals surface area contributed by atoms with E-state index >= 15 is 0 Å². The first-order valence-electron chi connectivity index (χ1n) is 10.6. The summed E-state index contributed by atoms with van der Waals surface area (Å²) in [7, 11) is -2.11. The zero-order valence-corrected chi connectivity index (χ0v) is 19.5. The molecule has 0 radical (unpaired) electrons. The molecule has 7 nitrogen and oxygen atoms in total. The van der Waals surface area contributed by atoms with Crippen LogP contribution in [-0.4, -0.2) is 40.8 Å². The smallest absolute Gasteiger partial charge is 0.240 e. The minimum atomic E-state index is -3.73. The van der Waals surface area contributed by atoms with Gasteiger partial charge in [-0.1, -0.05) is 42.5 Å². The lowest BCUT2D eigenvalue weighted by molar-refractivity contribution is -0.119. The predicted octanol–water partition coefficient (Wildman–Crippen LogP) is 4.00. The summed E-state index contributed by atoms with van der Waals surface area (Å²) in [4.78, 5) is 12.6. The third kappa shape index (κ3) is 7.25. The molecule has 0 saturated carbocycles. The number of nitrogens with zero attached hydrogens (tertiary/aromatic N) is 1. The fourth-order valence-corrected chi connectivity index (χ4v) is 4.14. The molecule has 174 valence electrons. The van der Waals surface area contributed by atoms with Gasteiger partial charge in [-0.15, -0.1) is 0 Å². The highest BCUT2D eigenvalue weighted by Gasteiger charge is 2.24. The van der Waals surface area contributed by atoms with Crippen molar-refractivity contribution in [3.63, 3.8) is 0 Å². The van der Waals surface area contributed by atoms with Gasteiger partial charge >= 0.3 is 0 Å². The van der Waals surface area contributed by atoms with Gasteiger partial charge in [0.25, 0.3) is 0 Å². The fraction of sp³-hybridized carbons (Fsp3) is 0.240. The lowest BCUT2D eigenvalue weighted by Gasteiger charge is -2.24. The summed E-state index contributed by atoms with van der Waals surface area (Å²) in [6, 6.07) is 23.6. The van der Waals surface area contributed by atoms with E-state index in [2.05, 4.69) is 5.32 Å². The van der Waals surface area contributed by atoms with Gasteiger partial charge in [-0.25, -0.2) is 8.42 Å². The average Bonchev–Trinajstić information content (AvgIpc) is 2.81. The number of para-hydroxylation sites is 3.